The molecule has 2 aromatic carbocycles. The number of aliphatic hydroxyl groups is 1. The van der Waals surface area contributed by atoms with Crippen molar-refractivity contribution in [3.05, 3.63) is 77.3 Å². The zero-order valence-corrected chi connectivity index (χ0v) is 12.3. The van der Waals surface area contributed by atoms with Gasteiger partial charge in [-0.25, -0.2) is 0 Å². The van der Waals surface area contributed by atoms with Crippen LogP contribution in [0.1, 0.15) is 17.4 Å². The summed E-state index contributed by atoms with van der Waals surface area (Å²) in [5.41, 5.74) is 2.04. The monoisotopic (exact) mass is 309 g/mol. The number of aromatic nitrogens is 1. The maximum absolute atomic E-state index is 10.8. The fourth-order valence-electron chi connectivity index (χ4n) is 2.75. The zero-order chi connectivity index (χ0) is 15.1. The van der Waals surface area contributed by atoms with Gasteiger partial charge >= 0.3 is 0 Å². The smallest absolute Gasteiger partial charge is 0.133 e. The molecule has 4 heteroatoms. The molecule has 0 radical (unpaired) electrons. The predicted molar refractivity (Wildman–Crippen MR) is 86.8 cm³/mol. The fourth-order valence-corrected chi connectivity index (χ4v) is 2.87. The Balaban J connectivity index is 1.87. The Morgan fingerprint density at radius 3 is 2.73 bits per heavy atom. The van der Waals surface area contributed by atoms with Gasteiger partial charge in [-0.1, -0.05) is 41.9 Å². The van der Waals surface area contributed by atoms with Crippen LogP contribution in [0.4, 0.5) is 0 Å². The maximum atomic E-state index is 10.8. The summed E-state index contributed by atoms with van der Waals surface area (Å²) >= 11 is 5.87. The number of hydrogen-bond donors (Lipinski definition) is 1. The van der Waals surface area contributed by atoms with Crippen molar-refractivity contribution in [2.24, 2.45) is 0 Å². The first-order chi connectivity index (χ1) is 10.7. The van der Waals surface area contributed by atoms with Gasteiger partial charge in [0.05, 0.1) is 17.0 Å². The average Bonchev–Trinajstić information content (AvgIpc) is 2.56. The van der Waals surface area contributed by atoms with Gasteiger partial charge in [-0.15, -0.1) is 0 Å². The van der Waals surface area contributed by atoms with Crippen molar-refractivity contribution in [1.29, 1.82) is 0 Å². The van der Waals surface area contributed by atoms with Crippen LogP contribution in [0.15, 0.2) is 61.0 Å². The third-order valence-corrected chi connectivity index (χ3v) is 4.06. The van der Waals surface area contributed by atoms with Crippen molar-refractivity contribution < 1.29 is 9.84 Å². The number of halogens is 1. The third-order valence-electron chi connectivity index (χ3n) is 3.83. The van der Waals surface area contributed by atoms with Crippen LogP contribution >= 0.6 is 11.6 Å². The van der Waals surface area contributed by atoms with Crippen LogP contribution in [-0.4, -0.2) is 10.1 Å². The Bertz CT molecular complexity index is 887. The molecular weight excluding hydrogens is 298 g/mol. The quantitative estimate of drug-likeness (QED) is 0.726. The van der Waals surface area contributed by atoms with Crippen molar-refractivity contribution in [3.63, 3.8) is 0 Å². The summed E-state index contributed by atoms with van der Waals surface area (Å²) in [6, 6.07) is 15.3. The van der Waals surface area contributed by atoms with Gasteiger partial charge in [-0.05, 0) is 29.0 Å². The van der Waals surface area contributed by atoms with Crippen LogP contribution < -0.4 is 4.74 Å². The normalized spacial score (nSPS) is 16.8. The lowest BCUT2D eigenvalue weighted by Crippen LogP contribution is -2.11. The van der Waals surface area contributed by atoms with Crippen molar-refractivity contribution in [1.82, 2.24) is 4.98 Å². The lowest BCUT2D eigenvalue weighted by molar-refractivity contribution is 0.225. The van der Waals surface area contributed by atoms with Crippen LogP contribution in [0.2, 0.25) is 5.02 Å². The number of pyridine rings is 1. The van der Waals surface area contributed by atoms with Crippen molar-refractivity contribution >= 4 is 27.9 Å². The number of fused-ring (bicyclic) bond motifs is 3. The summed E-state index contributed by atoms with van der Waals surface area (Å²) in [6.07, 6.45) is 2.32. The van der Waals surface area contributed by atoms with Crippen LogP contribution in [0.25, 0.3) is 16.3 Å². The molecule has 108 valence electrons. The van der Waals surface area contributed by atoms with Gasteiger partial charge in [0.1, 0.15) is 11.9 Å². The highest BCUT2D eigenvalue weighted by molar-refractivity contribution is 6.30. The van der Waals surface area contributed by atoms with Crippen LogP contribution in [0.3, 0.4) is 0 Å². The van der Waals surface area contributed by atoms with Crippen LogP contribution in [0.5, 0.6) is 5.75 Å². The first-order valence-corrected chi connectivity index (χ1v) is 7.30. The highest BCUT2D eigenvalue weighted by Crippen LogP contribution is 2.42. The SMILES string of the molecule is OC1C(c2ccc(Cl)cn2)=COc2ccc3ccccc3c21. The molecule has 0 saturated heterocycles. The van der Waals surface area contributed by atoms with E-state index >= 15 is 0 Å². The number of rotatable bonds is 1. The summed E-state index contributed by atoms with van der Waals surface area (Å²) in [5.74, 6) is 0.670. The standard InChI is InChI=1S/C18H12ClNO2/c19-12-6-7-15(20-9-12)14-10-22-16-8-5-11-3-1-2-4-13(11)17(16)18(14)21/h1-10,18,21H. The van der Waals surface area contributed by atoms with Gasteiger partial charge in [-0.2, -0.15) is 0 Å². The van der Waals surface area contributed by atoms with E-state index in [0.717, 1.165) is 16.3 Å². The second kappa shape index (κ2) is 5.13. The lowest BCUT2D eigenvalue weighted by Gasteiger charge is -2.24. The molecule has 3 nitrogen and oxygen atoms in total. The Kier molecular flexibility index (Phi) is 3.10. The molecule has 1 N–H and O–H groups in total. The molecular formula is C18H12ClNO2. The van der Waals surface area contributed by atoms with E-state index in [-0.39, 0.29) is 0 Å². The summed E-state index contributed by atoms with van der Waals surface area (Å²) in [6.45, 7) is 0. The largest absolute Gasteiger partial charge is 0.464 e. The first kappa shape index (κ1) is 13.3. The molecule has 0 fully saturated rings. The second-order valence-corrected chi connectivity index (χ2v) is 5.59. The predicted octanol–water partition coefficient (Wildman–Crippen LogP) is 4.36. The van der Waals surface area contributed by atoms with Gasteiger partial charge in [0.25, 0.3) is 0 Å². The minimum absolute atomic E-state index is 0.557. The van der Waals surface area contributed by atoms with Gasteiger partial charge in [0.15, 0.2) is 0 Å². The Hall–Kier alpha value is -2.36. The topological polar surface area (TPSA) is 42.4 Å². The lowest BCUT2D eigenvalue weighted by atomic mass is 9.92. The van der Waals surface area contributed by atoms with E-state index in [1.54, 1.807) is 24.6 Å². The molecule has 1 aromatic heterocycles. The van der Waals surface area contributed by atoms with E-state index < -0.39 is 6.10 Å². The van der Waals surface area contributed by atoms with Crippen molar-refractivity contribution in [2.75, 3.05) is 0 Å². The van der Waals surface area contributed by atoms with Crippen LogP contribution in [-0.2, 0) is 0 Å². The Morgan fingerprint density at radius 2 is 1.91 bits per heavy atom. The molecule has 0 aliphatic carbocycles. The molecule has 0 amide bonds. The zero-order valence-electron chi connectivity index (χ0n) is 11.5. The minimum atomic E-state index is -0.788. The minimum Gasteiger partial charge on any atom is -0.464 e. The number of ether oxygens (including phenoxy) is 1. The number of benzene rings is 2. The van der Waals surface area contributed by atoms with Crippen molar-refractivity contribution in [2.45, 2.75) is 6.10 Å². The summed E-state index contributed by atoms with van der Waals surface area (Å²) in [5, 5.41) is 13.4. The molecule has 4 rings (SSSR count). The van der Waals surface area contributed by atoms with Crippen LogP contribution in [0, 0.1) is 0 Å². The number of nitrogens with zero attached hydrogens (tertiary/aromatic N) is 1. The molecule has 1 atom stereocenters. The van der Waals surface area contributed by atoms with E-state index in [1.165, 1.54) is 0 Å². The number of hydrogen-bond acceptors (Lipinski definition) is 3. The summed E-state index contributed by atoms with van der Waals surface area (Å²) in [4.78, 5) is 4.27. The molecule has 0 saturated carbocycles. The van der Waals surface area contributed by atoms with E-state index in [0.29, 0.717) is 22.0 Å². The maximum Gasteiger partial charge on any atom is 0.133 e. The molecule has 1 aliphatic rings. The Morgan fingerprint density at radius 1 is 1.05 bits per heavy atom. The average molecular weight is 310 g/mol. The molecule has 1 unspecified atom stereocenters. The fraction of sp³-hybridized carbons (Fsp3) is 0.0556. The summed E-state index contributed by atoms with van der Waals surface area (Å²) in [7, 11) is 0. The molecule has 0 spiro atoms. The van der Waals surface area contributed by atoms with Gasteiger partial charge < -0.3 is 9.84 Å². The van der Waals surface area contributed by atoms with E-state index in [9.17, 15) is 5.11 Å². The van der Waals surface area contributed by atoms with Crippen molar-refractivity contribution in [3.8, 4) is 5.75 Å². The molecule has 22 heavy (non-hydrogen) atoms. The molecule has 3 aromatic rings. The van der Waals surface area contributed by atoms with Gasteiger partial charge in [0, 0.05) is 17.3 Å². The van der Waals surface area contributed by atoms with E-state index in [1.807, 2.05) is 36.4 Å². The number of aliphatic hydroxyl groups excluding tert-OH is 1. The first-order valence-electron chi connectivity index (χ1n) is 6.92. The van der Waals surface area contributed by atoms with Gasteiger partial charge in [-0.3, -0.25) is 4.98 Å². The Labute approximate surface area is 132 Å². The highest BCUT2D eigenvalue weighted by atomic mass is 35.5. The summed E-state index contributed by atoms with van der Waals surface area (Å²) < 4.78 is 5.70. The third kappa shape index (κ3) is 2.06. The highest BCUT2D eigenvalue weighted by Gasteiger charge is 2.26. The molecule has 0 bridgehead atoms. The van der Waals surface area contributed by atoms with E-state index in [4.69, 9.17) is 16.3 Å². The molecule has 1 aliphatic heterocycles. The van der Waals surface area contributed by atoms with Gasteiger partial charge in [0.2, 0.25) is 0 Å². The van der Waals surface area contributed by atoms with E-state index in [2.05, 4.69) is 4.98 Å². The molecule has 2 heterocycles. The second-order valence-electron chi connectivity index (χ2n) is 5.15.